The first kappa shape index (κ1) is 11.3. The number of carbonyl (C=O) groups is 1. The maximum atomic E-state index is 11.2. The number of fused-ring (bicyclic) bond motifs is 2. The summed E-state index contributed by atoms with van der Waals surface area (Å²) in [4.78, 5) is 11.2. The van der Waals surface area contributed by atoms with Crippen molar-refractivity contribution in [2.24, 2.45) is 22.7 Å². The number of aliphatic carboxylic acids is 1. The molecule has 0 aromatic carbocycles. The van der Waals surface area contributed by atoms with Crippen molar-refractivity contribution in [3.63, 3.8) is 0 Å². The Bertz CT molecular complexity index is 364. The van der Waals surface area contributed by atoms with E-state index in [9.17, 15) is 9.90 Å². The van der Waals surface area contributed by atoms with Crippen LogP contribution in [-0.4, -0.2) is 24.3 Å². The van der Waals surface area contributed by atoms with E-state index in [1.165, 1.54) is 0 Å². The van der Waals surface area contributed by atoms with Crippen molar-refractivity contribution >= 4 is 5.97 Å². The Morgan fingerprint density at radius 3 is 2.71 bits per heavy atom. The lowest BCUT2D eigenvalue weighted by atomic mass is 9.67. The van der Waals surface area contributed by atoms with Crippen LogP contribution in [0.3, 0.4) is 0 Å². The van der Waals surface area contributed by atoms with Crippen LogP contribution in [0.1, 0.15) is 32.6 Å². The molecule has 0 aromatic rings. The van der Waals surface area contributed by atoms with Gasteiger partial charge in [-0.25, -0.2) is 0 Å². The molecule has 2 aliphatic carbocycles. The Balaban J connectivity index is 1.76. The molecule has 3 nitrogen and oxygen atoms in total. The minimum Gasteiger partial charge on any atom is -0.481 e. The predicted octanol–water partition coefficient (Wildman–Crippen LogP) is 2.47. The maximum absolute atomic E-state index is 11.2. The molecule has 17 heavy (non-hydrogen) atoms. The lowest BCUT2D eigenvalue weighted by Gasteiger charge is -2.45. The summed E-state index contributed by atoms with van der Waals surface area (Å²) in [5.41, 5.74) is 0.486. The normalized spacial score (nSPS) is 41.5. The molecular formula is C14H20O3. The highest BCUT2D eigenvalue weighted by atomic mass is 16.5. The lowest BCUT2D eigenvalue weighted by molar-refractivity contribution is -0.143. The van der Waals surface area contributed by atoms with Crippen LogP contribution in [0.4, 0.5) is 0 Å². The summed E-state index contributed by atoms with van der Waals surface area (Å²) in [6.07, 6.45) is 8.59. The summed E-state index contributed by atoms with van der Waals surface area (Å²) in [6, 6.07) is 0. The van der Waals surface area contributed by atoms with Crippen LogP contribution in [0.25, 0.3) is 0 Å². The summed E-state index contributed by atoms with van der Waals surface area (Å²) in [7, 11) is 0. The zero-order valence-electron chi connectivity index (χ0n) is 10.3. The van der Waals surface area contributed by atoms with Crippen LogP contribution in [0.2, 0.25) is 0 Å². The lowest BCUT2D eigenvalue weighted by Crippen LogP contribution is -2.45. The molecule has 3 unspecified atom stereocenters. The molecular weight excluding hydrogens is 216 g/mol. The van der Waals surface area contributed by atoms with Gasteiger partial charge >= 0.3 is 5.97 Å². The molecule has 3 atom stereocenters. The van der Waals surface area contributed by atoms with E-state index in [0.717, 1.165) is 38.9 Å². The largest absolute Gasteiger partial charge is 0.481 e. The minimum absolute atomic E-state index is 0.144. The Morgan fingerprint density at radius 1 is 1.47 bits per heavy atom. The van der Waals surface area contributed by atoms with Crippen molar-refractivity contribution in [2.75, 3.05) is 13.2 Å². The van der Waals surface area contributed by atoms with Crippen molar-refractivity contribution in [2.45, 2.75) is 32.6 Å². The van der Waals surface area contributed by atoms with Crippen molar-refractivity contribution < 1.29 is 14.6 Å². The molecule has 3 rings (SSSR count). The molecule has 1 saturated carbocycles. The number of ether oxygens (including phenoxy) is 1. The molecule has 3 aliphatic rings. The van der Waals surface area contributed by atoms with Gasteiger partial charge in [0, 0.05) is 5.41 Å². The van der Waals surface area contributed by atoms with Gasteiger partial charge in [-0.3, -0.25) is 4.79 Å². The van der Waals surface area contributed by atoms with Gasteiger partial charge in [-0.2, -0.15) is 0 Å². The molecule has 1 heterocycles. The van der Waals surface area contributed by atoms with Crippen molar-refractivity contribution in [3.05, 3.63) is 12.2 Å². The number of carboxylic acids is 1. The first-order valence-electron chi connectivity index (χ1n) is 6.58. The average molecular weight is 236 g/mol. The summed E-state index contributed by atoms with van der Waals surface area (Å²) >= 11 is 0. The number of allylic oxidation sites excluding steroid dienone is 2. The third kappa shape index (κ3) is 1.63. The average Bonchev–Trinajstić information content (AvgIpc) is 2.81. The van der Waals surface area contributed by atoms with E-state index in [1.54, 1.807) is 0 Å². The van der Waals surface area contributed by atoms with Crippen molar-refractivity contribution in [1.82, 2.24) is 0 Å². The van der Waals surface area contributed by atoms with E-state index in [4.69, 9.17) is 4.74 Å². The Labute approximate surface area is 102 Å². The van der Waals surface area contributed by atoms with Crippen LogP contribution in [0, 0.1) is 22.7 Å². The van der Waals surface area contributed by atoms with Crippen molar-refractivity contribution in [3.8, 4) is 0 Å². The maximum Gasteiger partial charge on any atom is 0.307 e. The molecule has 1 aliphatic heterocycles. The topological polar surface area (TPSA) is 46.5 Å². The number of carboxylic acid groups (broad SMARTS) is 1. The fraction of sp³-hybridized carbons (Fsp3) is 0.786. The molecule has 3 heteroatoms. The zero-order valence-corrected chi connectivity index (χ0v) is 10.3. The van der Waals surface area contributed by atoms with Gasteiger partial charge in [-0.1, -0.05) is 19.1 Å². The highest BCUT2D eigenvalue weighted by Gasteiger charge is 2.53. The Hall–Kier alpha value is -0.830. The predicted molar refractivity (Wildman–Crippen MR) is 63.6 cm³/mol. The van der Waals surface area contributed by atoms with Crippen LogP contribution in [0.15, 0.2) is 12.2 Å². The second kappa shape index (κ2) is 3.58. The fourth-order valence-corrected chi connectivity index (χ4v) is 3.99. The minimum atomic E-state index is -0.614. The second-order valence-electron chi connectivity index (χ2n) is 6.26. The smallest absolute Gasteiger partial charge is 0.307 e. The summed E-state index contributed by atoms with van der Waals surface area (Å²) in [5, 5.41) is 9.22. The first-order valence-corrected chi connectivity index (χ1v) is 6.58. The van der Waals surface area contributed by atoms with E-state index in [0.29, 0.717) is 5.41 Å². The van der Waals surface area contributed by atoms with Crippen molar-refractivity contribution in [1.29, 1.82) is 0 Å². The van der Waals surface area contributed by atoms with Crippen LogP contribution in [0.5, 0.6) is 0 Å². The first-order chi connectivity index (χ1) is 8.08. The van der Waals surface area contributed by atoms with Gasteiger partial charge in [0.1, 0.15) is 0 Å². The summed E-state index contributed by atoms with van der Waals surface area (Å²) in [6.45, 7) is 3.95. The summed E-state index contributed by atoms with van der Waals surface area (Å²) < 4.78 is 5.38. The van der Waals surface area contributed by atoms with E-state index in [1.807, 2.05) is 0 Å². The highest BCUT2D eigenvalue weighted by Crippen LogP contribution is 2.58. The van der Waals surface area contributed by atoms with E-state index >= 15 is 0 Å². The number of rotatable bonds is 4. The third-order valence-electron chi connectivity index (χ3n) is 5.09. The van der Waals surface area contributed by atoms with Gasteiger partial charge in [0.25, 0.3) is 0 Å². The van der Waals surface area contributed by atoms with Gasteiger partial charge in [-0.15, -0.1) is 0 Å². The van der Waals surface area contributed by atoms with Crippen LogP contribution < -0.4 is 0 Å². The van der Waals surface area contributed by atoms with Crippen LogP contribution in [-0.2, 0) is 9.53 Å². The van der Waals surface area contributed by atoms with E-state index < -0.39 is 5.97 Å². The molecule has 0 aromatic heterocycles. The summed E-state index contributed by atoms with van der Waals surface area (Å²) in [5.74, 6) is -0.478. The van der Waals surface area contributed by atoms with E-state index in [-0.39, 0.29) is 17.3 Å². The highest BCUT2D eigenvalue weighted by molar-refractivity contribution is 5.72. The quantitative estimate of drug-likeness (QED) is 0.763. The van der Waals surface area contributed by atoms with Gasteiger partial charge in [0.15, 0.2) is 0 Å². The fourth-order valence-electron chi connectivity index (χ4n) is 3.99. The molecule has 2 fully saturated rings. The van der Waals surface area contributed by atoms with E-state index in [2.05, 4.69) is 19.1 Å². The van der Waals surface area contributed by atoms with Gasteiger partial charge < -0.3 is 9.84 Å². The van der Waals surface area contributed by atoms with Gasteiger partial charge in [0.2, 0.25) is 0 Å². The molecule has 94 valence electrons. The molecule has 1 saturated heterocycles. The standard InChI is InChI=1S/C14H20O3/c1-2-13(8-17-9-13)7-14-4-3-10(5-14)11(6-14)12(15)16/h3-4,10-11H,2,5-9H2,1H3,(H,15,16). The number of hydrogen-bond acceptors (Lipinski definition) is 2. The van der Waals surface area contributed by atoms with Crippen LogP contribution >= 0.6 is 0 Å². The molecule has 0 amide bonds. The molecule has 2 bridgehead atoms. The third-order valence-corrected chi connectivity index (χ3v) is 5.09. The van der Waals surface area contributed by atoms with Gasteiger partial charge in [0.05, 0.1) is 19.1 Å². The Morgan fingerprint density at radius 2 is 2.24 bits per heavy atom. The monoisotopic (exact) mass is 236 g/mol. The molecule has 1 N–H and O–H groups in total. The SMILES string of the molecule is CCC1(CC23C=CC(C2)C(C(=O)O)C3)COC1. The number of hydrogen-bond donors (Lipinski definition) is 1. The molecule has 0 radical (unpaired) electrons. The second-order valence-corrected chi connectivity index (χ2v) is 6.26. The Kier molecular flexibility index (Phi) is 2.37. The van der Waals surface area contributed by atoms with Gasteiger partial charge in [-0.05, 0) is 37.0 Å². The zero-order chi connectivity index (χ0) is 12.1. The molecule has 0 spiro atoms.